The fourth-order valence-electron chi connectivity index (χ4n) is 5.72. The van der Waals surface area contributed by atoms with Gasteiger partial charge in [-0.15, -0.1) is 0 Å². The van der Waals surface area contributed by atoms with E-state index in [1.54, 1.807) is 30.3 Å². The van der Waals surface area contributed by atoms with Crippen molar-refractivity contribution in [3.8, 4) is 44.5 Å². The molecule has 0 heteroatoms. The van der Waals surface area contributed by atoms with E-state index in [0.717, 1.165) is 6.07 Å². The molecule has 46 heavy (non-hydrogen) atoms. The van der Waals surface area contributed by atoms with Gasteiger partial charge in [0.05, 0.1) is 32.9 Å². The largest absolute Gasteiger partial charge is 0.0636 e. The van der Waals surface area contributed by atoms with Crippen LogP contribution in [-0.4, -0.2) is 0 Å². The van der Waals surface area contributed by atoms with Gasteiger partial charge in [0.2, 0.25) is 0 Å². The van der Waals surface area contributed by atoms with E-state index >= 15 is 0 Å². The van der Waals surface area contributed by atoms with E-state index in [1.165, 1.54) is 0 Å². The highest BCUT2D eigenvalue weighted by atomic mass is 14.2. The normalized spacial score (nSPS) is 18.8. The molecule has 0 saturated carbocycles. The van der Waals surface area contributed by atoms with Gasteiger partial charge in [-0.3, -0.25) is 0 Å². The van der Waals surface area contributed by atoms with Gasteiger partial charge in [0.15, 0.2) is 0 Å². The Morgan fingerprint density at radius 1 is 0.304 bits per heavy atom. The minimum atomic E-state index is -0.956. The van der Waals surface area contributed by atoms with Crippen molar-refractivity contribution in [3.05, 3.63) is 181 Å². The van der Waals surface area contributed by atoms with Crippen molar-refractivity contribution in [1.82, 2.24) is 0 Å². The van der Waals surface area contributed by atoms with Crippen molar-refractivity contribution in [3.63, 3.8) is 0 Å². The molecule has 0 amide bonds. The standard InChI is InChI=1S/C46H30/c1-3-14-31(15-4-1)33-26-27-35-34(30-33)18-13-25-36(35)39-28-29-44(38-20-8-7-19-37(38)39)46-42-23-11-9-21-40(42)45(32-16-5-2-6-17-32)41-22-10-12-24-43(41)46/h1-30H/i2D,5D,6D,7D,8D,9D,10D,11D,12D,13D,16D,17D,18D,19D,21D,22D,23D,24D,25D,26D,27D,28D,29D,30D. The number of benzene rings is 9. The summed E-state index contributed by atoms with van der Waals surface area (Å²) < 4.78 is 218. The van der Waals surface area contributed by atoms with Crippen LogP contribution >= 0.6 is 0 Å². The molecule has 0 unspecified atom stereocenters. The van der Waals surface area contributed by atoms with Gasteiger partial charge in [-0.25, -0.2) is 0 Å². The minimum absolute atomic E-state index is 0.101. The fourth-order valence-corrected chi connectivity index (χ4v) is 5.72. The molecule has 214 valence electrons. The van der Waals surface area contributed by atoms with Crippen molar-refractivity contribution < 1.29 is 32.9 Å². The highest BCUT2D eigenvalue weighted by Crippen LogP contribution is 2.46. The predicted molar refractivity (Wildman–Crippen MR) is 198 cm³/mol. The highest BCUT2D eigenvalue weighted by molar-refractivity contribution is 6.24. The maximum atomic E-state index is 9.88. The predicted octanol–water partition coefficient (Wildman–Crippen LogP) is 13.0. The first-order chi connectivity index (χ1) is 32.8. The maximum absolute atomic E-state index is 9.88. The number of rotatable bonds is 4. The zero-order valence-corrected chi connectivity index (χ0v) is 23.5. The van der Waals surface area contributed by atoms with Crippen LogP contribution in [0.15, 0.2) is 181 Å². The fraction of sp³-hybridized carbons (Fsp3) is 0. The van der Waals surface area contributed by atoms with Crippen LogP contribution in [0.3, 0.4) is 0 Å². The molecule has 0 aliphatic carbocycles. The van der Waals surface area contributed by atoms with E-state index in [4.69, 9.17) is 19.2 Å². The minimum Gasteiger partial charge on any atom is -0.0622 e. The highest BCUT2D eigenvalue weighted by Gasteiger charge is 2.19. The smallest absolute Gasteiger partial charge is 0.0622 e. The van der Waals surface area contributed by atoms with Gasteiger partial charge >= 0.3 is 0 Å². The number of hydrogen-bond donors (Lipinski definition) is 0. The number of fused-ring (bicyclic) bond motifs is 4. The Kier molecular flexibility index (Phi) is 2.78. The summed E-state index contributed by atoms with van der Waals surface area (Å²) in [6.45, 7) is 0. The SMILES string of the molecule is [2H]c1cc2c(-c3c4c([2H])c([2H])c([2H])c([2H])c4c(-c4c([2H])c([2H])c([2H])c([2H])c4[2H])c4c([2H])c([2H])c([2H])c([2H])c34)c([2H])c([2H])c(-c3c([2H])c([2H])c([2H])c4c([2H])c(-c5ccccc5)c([2H])c([2H])c34)c2c([2H])c1[2H]. The third-order valence-corrected chi connectivity index (χ3v) is 7.70. The molecule has 0 aliphatic heterocycles. The zero-order chi connectivity index (χ0) is 51.3. The third-order valence-electron chi connectivity index (χ3n) is 7.70. The second kappa shape index (κ2) is 10.9. The summed E-state index contributed by atoms with van der Waals surface area (Å²) in [5.74, 6) is 0. The van der Waals surface area contributed by atoms with Gasteiger partial charge in [0.1, 0.15) is 0 Å². The molecule has 0 heterocycles. The first-order valence-electron chi connectivity index (χ1n) is 26.0. The molecular weight excluding hydrogens is 553 g/mol. The Hall–Kier alpha value is -5.98. The molecular formula is C46H30. The first-order valence-corrected chi connectivity index (χ1v) is 14.0. The molecule has 0 aromatic heterocycles. The van der Waals surface area contributed by atoms with Gasteiger partial charge < -0.3 is 0 Å². The summed E-state index contributed by atoms with van der Waals surface area (Å²) >= 11 is 0. The van der Waals surface area contributed by atoms with Gasteiger partial charge in [0.25, 0.3) is 0 Å². The molecule has 9 aromatic rings. The lowest BCUT2D eigenvalue weighted by Crippen LogP contribution is -1.92. The Balaban J connectivity index is 1.61. The summed E-state index contributed by atoms with van der Waals surface area (Å²) in [7, 11) is 0. The van der Waals surface area contributed by atoms with Crippen LogP contribution in [0.4, 0.5) is 0 Å². The average molecular weight is 607 g/mol. The first kappa shape index (κ1) is 11.7. The van der Waals surface area contributed by atoms with E-state index in [-0.39, 0.29) is 5.56 Å². The Labute approximate surface area is 302 Å². The van der Waals surface area contributed by atoms with Crippen LogP contribution in [0.25, 0.3) is 87.6 Å². The van der Waals surface area contributed by atoms with Crippen LogP contribution in [0.1, 0.15) is 32.9 Å². The van der Waals surface area contributed by atoms with Crippen LogP contribution in [0.5, 0.6) is 0 Å². The van der Waals surface area contributed by atoms with Gasteiger partial charge in [-0.05, 0) is 93.6 Å². The van der Waals surface area contributed by atoms with Crippen molar-refractivity contribution in [2.75, 3.05) is 0 Å². The van der Waals surface area contributed by atoms with Crippen LogP contribution in [0.2, 0.25) is 0 Å². The van der Waals surface area contributed by atoms with Crippen molar-refractivity contribution in [2.45, 2.75) is 0 Å². The monoisotopic (exact) mass is 606 g/mol. The van der Waals surface area contributed by atoms with Crippen LogP contribution < -0.4 is 0 Å². The number of hydrogen-bond acceptors (Lipinski definition) is 0. The molecule has 0 radical (unpaired) electrons. The summed E-state index contributed by atoms with van der Waals surface area (Å²) in [6, 6.07) is -11.2. The van der Waals surface area contributed by atoms with E-state index < -0.39 is 221 Å². The second-order valence-corrected chi connectivity index (χ2v) is 10.2. The molecule has 0 bridgehead atoms. The molecule has 0 atom stereocenters. The quantitative estimate of drug-likeness (QED) is 0.175. The molecule has 9 rings (SSSR count). The molecule has 0 fully saturated rings. The Morgan fingerprint density at radius 2 is 0.913 bits per heavy atom. The molecule has 0 aliphatic rings. The zero-order valence-electron chi connectivity index (χ0n) is 47.5. The van der Waals surface area contributed by atoms with Crippen molar-refractivity contribution in [2.24, 2.45) is 0 Å². The lowest BCUT2D eigenvalue weighted by molar-refractivity contribution is 1.63. The van der Waals surface area contributed by atoms with Gasteiger partial charge in [-0.1, -0.05) is 175 Å². The van der Waals surface area contributed by atoms with E-state index in [9.17, 15) is 13.7 Å². The lowest BCUT2D eigenvalue weighted by atomic mass is 9.83. The van der Waals surface area contributed by atoms with Crippen LogP contribution in [-0.2, 0) is 0 Å². The molecule has 0 spiro atoms. The summed E-state index contributed by atoms with van der Waals surface area (Å²) in [4.78, 5) is 0. The Morgan fingerprint density at radius 3 is 1.65 bits per heavy atom. The summed E-state index contributed by atoms with van der Waals surface area (Å²) in [6.07, 6.45) is 0. The summed E-state index contributed by atoms with van der Waals surface area (Å²) in [5, 5.41) is -4.41. The Bertz CT molecular complexity index is 3810. The van der Waals surface area contributed by atoms with Crippen molar-refractivity contribution in [1.29, 1.82) is 0 Å². The molecule has 0 N–H and O–H groups in total. The lowest BCUT2D eigenvalue weighted by Gasteiger charge is -2.20. The molecule has 9 aromatic carbocycles. The van der Waals surface area contributed by atoms with E-state index in [0.29, 0.717) is 5.56 Å². The van der Waals surface area contributed by atoms with Gasteiger partial charge in [0, 0.05) is 0 Å². The third kappa shape index (κ3) is 4.23. The van der Waals surface area contributed by atoms with Crippen LogP contribution in [0, 0.1) is 0 Å². The second-order valence-electron chi connectivity index (χ2n) is 10.2. The average Bonchev–Trinajstić information content (AvgIpc) is 3.33. The summed E-state index contributed by atoms with van der Waals surface area (Å²) in [5.41, 5.74) is -3.52. The van der Waals surface area contributed by atoms with Crippen molar-refractivity contribution >= 4 is 43.1 Å². The molecule has 0 saturated heterocycles. The van der Waals surface area contributed by atoms with E-state index in [1.807, 2.05) is 0 Å². The maximum Gasteiger partial charge on any atom is 0.0636 e. The van der Waals surface area contributed by atoms with Gasteiger partial charge in [-0.2, -0.15) is 0 Å². The molecule has 0 nitrogen and oxygen atoms in total. The topological polar surface area (TPSA) is 0 Å². The van der Waals surface area contributed by atoms with E-state index in [2.05, 4.69) is 0 Å².